The summed E-state index contributed by atoms with van der Waals surface area (Å²) in [6.45, 7) is 11.0. The maximum atomic E-state index is 12.1. The number of hydrogen-bond donors (Lipinski definition) is 1. The molecule has 1 rings (SSSR count). The highest BCUT2D eigenvalue weighted by Crippen LogP contribution is 2.19. The quantitative estimate of drug-likeness (QED) is 0.733. The van der Waals surface area contributed by atoms with E-state index < -0.39 is 23.4 Å². The van der Waals surface area contributed by atoms with Crippen LogP contribution in [-0.4, -0.2) is 52.5 Å². The minimum absolute atomic E-state index is 0.230. The molecule has 0 aliphatic carbocycles. The highest BCUT2D eigenvalue weighted by atomic mass is 16.6. The Balaban J connectivity index is 2.78. The molecule has 1 aliphatic heterocycles. The van der Waals surface area contributed by atoms with Crippen LogP contribution in [-0.2, 0) is 9.47 Å². The van der Waals surface area contributed by atoms with Crippen LogP contribution in [0.25, 0.3) is 0 Å². The molecule has 0 aromatic rings. The Hall–Kier alpha value is -1.50. The normalized spacial score (nSPS) is 17.4. The Labute approximate surface area is 119 Å². The van der Waals surface area contributed by atoms with Crippen molar-refractivity contribution in [1.82, 2.24) is 10.0 Å². The Morgan fingerprint density at radius 1 is 0.900 bits per heavy atom. The number of nitrogens with two attached hydrogens (primary N) is 1. The van der Waals surface area contributed by atoms with Crippen LogP contribution in [0.5, 0.6) is 0 Å². The van der Waals surface area contributed by atoms with Crippen molar-refractivity contribution >= 4 is 12.2 Å². The molecule has 0 saturated carbocycles. The monoisotopic (exact) mass is 287 g/mol. The van der Waals surface area contributed by atoms with E-state index in [-0.39, 0.29) is 19.1 Å². The first kappa shape index (κ1) is 16.6. The molecule has 1 aliphatic rings. The van der Waals surface area contributed by atoms with E-state index >= 15 is 0 Å². The first-order valence-corrected chi connectivity index (χ1v) is 6.65. The summed E-state index contributed by atoms with van der Waals surface area (Å²) in [4.78, 5) is 24.2. The average Bonchev–Trinajstić information content (AvgIpc) is 2.55. The summed E-state index contributed by atoms with van der Waals surface area (Å²) in [5.41, 5.74) is 4.55. The van der Waals surface area contributed by atoms with Crippen LogP contribution in [0.2, 0.25) is 0 Å². The van der Waals surface area contributed by atoms with E-state index in [1.165, 1.54) is 10.0 Å². The van der Waals surface area contributed by atoms with Gasteiger partial charge in [0.05, 0.1) is 13.1 Å². The van der Waals surface area contributed by atoms with Crippen molar-refractivity contribution in [2.45, 2.75) is 58.8 Å². The first-order chi connectivity index (χ1) is 8.89. The van der Waals surface area contributed by atoms with Crippen LogP contribution in [0.3, 0.4) is 0 Å². The molecule has 0 spiro atoms. The number of rotatable bonds is 0. The van der Waals surface area contributed by atoms with Crippen LogP contribution in [0, 0.1) is 0 Å². The van der Waals surface area contributed by atoms with E-state index in [2.05, 4.69) is 0 Å². The number of hydrogen-bond acceptors (Lipinski definition) is 5. The third-order valence-electron chi connectivity index (χ3n) is 2.31. The molecule has 1 fully saturated rings. The lowest BCUT2D eigenvalue weighted by Crippen LogP contribution is -2.48. The van der Waals surface area contributed by atoms with Crippen molar-refractivity contribution in [3.05, 3.63) is 0 Å². The number of hydrazine groups is 1. The molecule has 0 aromatic carbocycles. The Morgan fingerprint density at radius 3 is 1.45 bits per heavy atom. The molecule has 7 nitrogen and oxygen atoms in total. The fourth-order valence-electron chi connectivity index (χ4n) is 1.67. The van der Waals surface area contributed by atoms with Crippen molar-refractivity contribution in [1.29, 1.82) is 0 Å². The van der Waals surface area contributed by atoms with Gasteiger partial charge in [0.15, 0.2) is 0 Å². The van der Waals surface area contributed by atoms with Gasteiger partial charge < -0.3 is 15.2 Å². The van der Waals surface area contributed by atoms with Crippen LogP contribution in [0.1, 0.15) is 41.5 Å². The molecule has 0 bridgehead atoms. The van der Waals surface area contributed by atoms with Crippen molar-refractivity contribution in [2.24, 2.45) is 5.73 Å². The Bertz CT molecular complexity index is 348. The zero-order valence-corrected chi connectivity index (χ0v) is 13.1. The fraction of sp³-hybridized carbons (Fsp3) is 0.846. The Kier molecular flexibility index (Phi) is 4.53. The van der Waals surface area contributed by atoms with Gasteiger partial charge in [-0.15, -0.1) is 0 Å². The minimum Gasteiger partial charge on any atom is -0.442 e. The molecular formula is C13H25N3O4. The van der Waals surface area contributed by atoms with Gasteiger partial charge in [0.25, 0.3) is 0 Å². The number of carbonyl (C=O) groups excluding carboxylic acids is 2. The van der Waals surface area contributed by atoms with Gasteiger partial charge in [-0.3, -0.25) is 0 Å². The molecule has 0 radical (unpaired) electrons. The number of amides is 2. The zero-order chi connectivity index (χ0) is 15.7. The molecule has 2 N–H and O–H groups in total. The standard InChI is InChI=1S/C13H25N3O4/c1-12(2,3)19-10(17)15-7-9(14)8-16(15)11(18)20-13(4,5)6/h9H,7-8,14H2,1-6H3. The van der Waals surface area contributed by atoms with Crippen molar-refractivity contribution in [3.8, 4) is 0 Å². The van der Waals surface area contributed by atoms with Crippen molar-refractivity contribution in [3.63, 3.8) is 0 Å². The maximum Gasteiger partial charge on any atom is 0.429 e. The van der Waals surface area contributed by atoms with Gasteiger partial charge in [0.1, 0.15) is 11.2 Å². The van der Waals surface area contributed by atoms with Crippen LogP contribution < -0.4 is 5.73 Å². The van der Waals surface area contributed by atoms with E-state index in [1.54, 1.807) is 41.5 Å². The molecule has 1 saturated heterocycles. The van der Waals surface area contributed by atoms with Gasteiger partial charge in [-0.25, -0.2) is 19.6 Å². The summed E-state index contributed by atoms with van der Waals surface area (Å²) in [7, 11) is 0. The van der Waals surface area contributed by atoms with Gasteiger partial charge in [0.2, 0.25) is 0 Å². The summed E-state index contributed by atoms with van der Waals surface area (Å²) in [5.74, 6) is 0. The summed E-state index contributed by atoms with van der Waals surface area (Å²) in [6.07, 6.45) is -1.20. The van der Waals surface area contributed by atoms with Gasteiger partial charge in [-0.05, 0) is 41.5 Å². The highest BCUT2D eigenvalue weighted by Gasteiger charge is 2.39. The van der Waals surface area contributed by atoms with Crippen LogP contribution >= 0.6 is 0 Å². The smallest absolute Gasteiger partial charge is 0.429 e. The second-order valence-corrected chi connectivity index (χ2v) is 6.88. The van der Waals surface area contributed by atoms with Crippen molar-refractivity contribution < 1.29 is 19.1 Å². The third-order valence-corrected chi connectivity index (χ3v) is 2.31. The SMILES string of the molecule is CC(C)(C)OC(=O)N1CC(N)CN1C(=O)OC(C)(C)C. The second-order valence-electron chi connectivity index (χ2n) is 6.88. The van der Waals surface area contributed by atoms with E-state index in [9.17, 15) is 9.59 Å². The third kappa shape index (κ3) is 4.88. The summed E-state index contributed by atoms with van der Waals surface area (Å²) in [5, 5.41) is 2.40. The average molecular weight is 287 g/mol. The molecule has 0 aromatic heterocycles. The Morgan fingerprint density at radius 2 is 1.20 bits per heavy atom. The lowest BCUT2D eigenvalue weighted by molar-refractivity contribution is -0.0428. The van der Waals surface area contributed by atoms with E-state index in [1.807, 2.05) is 0 Å². The molecule has 0 atom stereocenters. The molecule has 7 heteroatoms. The summed E-state index contributed by atoms with van der Waals surface area (Å²) >= 11 is 0. The number of ether oxygens (including phenoxy) is 2. The molecular weight excluding hydrogens is 262 g/mol. The van der Waals surface area contributed by atoms with Crippen LogP contribution in [0.4, 0.5) is 9.59 Å². The lowest BCUT2D eigenvalue weighted by Gasteiger charge is -2.31. The van der Waals surface area contributed by atoms with E-state index in [0.717, 1.165) is 0 Å². The topological polar surface area (TPSA) is 85.1 Å². The predicted octanol–water partition coefficient (Wildman–Crippen LogP) is 1.72. The van der Waals surface area contributed by atoms with Gasteiger partial charge >= 0.3 is 12.2 Å². The minimum atomic E-state index is -0.636. The first-order valence-electron chi connectivity index (χ1n) is 6.65. The summed E-state index contributed by atoms with van der Waals surface area (Å²) in [6, 6.07) is -0.310. The number of nitrogens with zero attached hydrogens (tertiary/aromatic N) is 2. The van der Waals surface area contributed by atoms with Crippen LogP contribution in [0.15, 0.2) is 0 Å². The molecule has 116 valence electrons. The van der Waals surface area contributed by atoms with Gasteiger partial charge in [-0.2, -0.15) is 0 Å². The second kappa shape index (κ2) is 5.47. The highest BCUT2D eigenvalue weighted by molar-refractivity contribution is 5.75. The fourth-order valence-corrected chi connectivity index (χ4v) is 1.67. The van der Waals surface area contributed by atoms with E-state index in [4.69, 9.17) is 15.2 Å². The largest absolute Gasteiger partial charge is 0.442 e. The van der Waals surface area contributed by atoms with Crippen molar-refractivity contribution in [2.75, 3.05) is 13.1 Å². The maximum absolute atomic E-state index is 12.1. The lowest BCUT2D eigenvalue weighted by atomic mass is 10.2. The molecule has 2 amide bonds. The molecule has 20 heavy (non-hydrogen) atoms. The summed E-state index contributed by atoms with van der Waals surface area (Å²) < 4.78 is 10.5. The zero-order valence-electron chi connectivity index (χ0n) is 13.1. The predicted molar refractivity (Wildman–Crippen MR) is 73.9 cm³/mol. The number of carbonyl (C=O) groups is 2. The van der Waals surface area contributed by atoms with Gasteiger partial charge in [0, 0.05) is 6.04 Å². The molecule has 1 heterocycles. The van der Waals surface area contributed by atoms with E-state index in [0.29, 0.717) is 0 Å². The van der Waals surface area contributed by atoms with Gasteiger partial charge in [-0.1, -0.05) is 0 Å². The molecule has 0 unspecified atom stereocenters.